The van der Waals surface area contributed by atoms with Gasteiger partial charge in [0.15, 0.2) is 6.10 Å². The first-order valence-electron chi connectivity index (χ1n) is 28.5. The van der Waals surface area contributed by atoms with Crippen LogP contribution in [0.15, 0.2) is 36.5 Å². The van der Waals surface area contributed by atoms with E-state index in [1.807, 2.05) is 0 Å². The summed E-state index contributed by atoms with van der Waals surface area (Å²) in [6, 6.07) is 0. The van der Waals surface area contributed by atoms with E-state index in [1.54, 1.807) is 0 Å². The summed E-state index contributed by atoms with van der Waals surface area (Å²) in [5.74, 6) is -0.872. The SMILES string of the molecule is CC/C=C/C/C=C/C/C=C/CCCCCCCC(=O)O[C@H](COC(=O)CCCCCCCCCCCCCCCCC)COC(=O)CCCCCCCCCCCCCCCCCCC. The fourth-order valence-corrected chi connectivity index (χ4v) is 8.40. The number of hydrogen-bond donors (Lipinski definition) is 0. The van der Waals surface area contributed by atoms with Crippen molar-refractivity contribution < 1.29 is 28.6 Å². The predicted molar refractivity (Wildman–Crippen MR) is 279 cm³/mol. The molecule has 0 heterocycles. The highest BCUT2D eigenvalue weighted by Crippen LogP contribution is 2.17. The molecule has 0 aliphatic carbocycles. The molecule has 65 heavy (non-hydrogen) atoms. The summed E-state index contributed by atoms with van der Waals surface area (Å²) < 4.78 is 16.9. The van der Waals surface area contributed by atoms with Gasteiger partial charge in [0, 0.05) is 19.3 Å². The summed E-state index contributed by atoms with van der Waals surface area (Å²) in [6.07, 6.45) is 64.2. The smallest absolute Gasteiger partial charge is 0.306 e. The molecule has 380 valence electrons. The van der Waals surface area contributed by atoms with E-state index in [0.717, 1.165) is 96.3 Å². The van der Waals surface area contributed by atoms with Crippen molar-refractivity contribution in [3.05, 3.63) is 36.5 Å². The summed E-state index contributed by atoms with van der Waals surface area (Å²) in [5.41, 5.74) is 0. The van der Waals surface area contributed by atoms with Gasteiger partial charge in [-0.3, -0.25) is 14.4 Å². The molecule has 0 radical (unpaired) electrons. The number of carbonyl (C=O) groups excluding carboxylic acids is 3. The Morgan fingerprint density at radius 2 is 0.600 bits per heavy atom. The zero-order valence-electron chi connectivity index (χ0n) is 43.5. The molecule has 0 N–H and O–H groups in total. The fraction of sp³-hybridized carbons (Fsp3) is 0.847. The maximum absolute atomic E-state index is 12.8. The van der Waals surface area contributed by atoms with Gasteiger partial charge >= 0.3 is 17.9 Å². The van der Waals surface area contributed by atoms with Crippen molar-refractivity contribution in [2.75, 3.05) is 13.2 Å². The molecule has 0 aromatic carbocycles. The van der Waals surface area contributed by atoms with Gasteiger partial charge in [-0.2, -0.15) is 0 Å². The molecule has 0 bridgehead atoms. The fourth-order valence-electron chi connectivity index (χ4n) is 8.40. The maximum Gasteiger partial charge on any atom is 0.306 e. The summed E-state index contributed by atoms with van der Waals surface area (Å²) in [7, 11) is 0. The van der Waals surface area contributed by atoms with E-state index < -0.39 is 6.10 Å². The van der Waals surface area contributed by atoms with Crippen LogP contribution in [0.4, 0.5) is 0 Å². The summed E-state index contributed by atoms with van der Waals surface area (Å²) >= 11 is 0. The Labute approximate surface area is 404 Å². The third kappa shape index (κ3) is 52.5. The van der Waals surface area contributed by atoms with Crippen LogP contribution in [0.5, 0.6) is 0 Å². The average Bonchev–Trinajstić information content (AvgIpc) is 3.30. The molecule has 6 heteroatoms. The van der Waals surface area contributed by atoms with E-state index in [4.69, 9.17) is 14.2 Å². The number of rotatable bonds is 52. The van der Waals surface area contributed by atoms with Crippen molar-refractivity contribution in [1.29, 1.82) is 0 Å². The van der Waals surface area contributed by atoms with Crippen molar-refractivity contribution in [3.63, 3.8) is 0 Å². The van der Waals surface area contributed by atoms with E-state index in [9.17, 15) is 14.4 Å². The highest BCUT2D eigenvalue weighted by atomic mass is 16.6. The largest absolute Gasteiger partial charge is 0.462 e. The Morgan fingerprint density at radius 3 is 0.938 bits per heavy atom. The van der Waals surface area contributed by atoms with Crippen LogP contribution in [0.25, 0.3) is 0 Å². The van der Waals surface area contributed by atoms with E-state index in [1.165, 1.54) is 167 Å². The van der Waals surface area contributed by atoms with E-state index in [2.05, 4.69) is 57.2 Å². The molecule has 0 fully saturated rings. The number of unbranched alkanes of at least 4 members (excludes halogenated alkanes) is 35. The van der Waals surface area contributed by atoms with Crippen LogP contribution in [0.3, 0.4) is 0 Å². The zero-order valence-corrected chi connectivity index (χ0v) is 43.5. The van der Waals surface area contributed by atoms with Gasteiger partial charge in [0.2, 0.25) is 0 Å². The van der Waals surface area contributed by atoms with Gasteiger partial charge in [0.25, 0.3) is 0 Å². The molecule has 0 amide bonds. The van der Waals surface area contributed by atoms with Crippen molar-refractivity contribution in [3.8, 4) is 0 Å². The van der Waals surface area contributed by atoms with Gasteiger partial charge < -0.3 is 14.2 Å². The van der Waals surface area contributed by atoms with Crippen molar-refractivity contribution in [2.24, 2.45) is 0 Å². The van der Waals surface area contributed by atoms with Gasteiger partial charge in [0.05, 0.1) is 0 Å². The van der Waals surface area contributed by atoms with Crippen LogP contribution >= 0.6 is 0 Å². The zero-order chi connectivity index (χ0) is 47.2. The van der Waals surface area contributed by atoms with Gasteiger partial charge in [-0.05, 0) is 51.4 Å². The topological polar surface area (TPSA) is 78.9 Å². The van der Waals surface area contributed by atoms with Gasteiger partial charge in [-0.1, -0.05) is 269 Å². The Bertz CT molecular complexity index is 1090. The lowest BCUT2D eigenvalue weighted by Crippen LogP contribution is -2.30. The minimum atomic E-state index is -0.776. The molecule has 0 aliphatic heterocycles. The second-order valence-electron chi connectivity index (χ2n) is 19.2. The first-order chi connectivity index (χ1) is 32.0. The predicted octanol–water partition coefficient (Wildman–Crippen LogP) is 18.9. The van der Waals surface area contributed by atoms with Gasteiger partial charge in [0.1, 0.15) is 13.2 Å². The van der Waals surface area contributed by atoms with E-state index in [0.29, 0.717) is 19.3 Å². The molecule has 6 nitrogen and oxygen atoms in total. The molecule has 0 aromatic rings. The van der Waals surface area contributed by atoms with Crippen LogP contribution in [0, 0.1) is 0 Å². The lowest BCUT2D eigenvalue weighted by atomic mass is 10.0. The molecule has 0 aromatic heterocycles. The second kappa shape index (κ2) is 54.2. The molecule has 0 rings (SSSR count). The van der Waals surface area contributed by atoms with Crippen molar-refractivity contribution in [1.82, 2.24) is 0 Å². The summed E-state index contributed by atoms with van der Waals surface area (Å²) in [4.78, 5) is 38.1. The van der Waals surface area contributed by atoms with E-state index >= 15 is 0 Å². The third-order valence-corrected chi connectivity index (χ3v) is 12.7. The Morgan fingerprint density at radius 1 is 0.323 bits per heavy atom. The normalized spacial score (nSPS) is 12.2. The van der Waals surface area contributed by atoms with Crippen molar-refractivity contribution in [2.45, 2.75) is 309 Å². The van der Waals surface area contributed by atoms with Crippen LogP contribution in [-0.4, -0.2) is 37.2 Å². The quantitative estimate of drug-likeness (QED) is 0.0262. The number of carbonyl (C=O) groups is 3. The molecular formula is C59H108O6. The molecule has 0 spiro atoms. The van der Waals surface area contributed by atoms with Crippen molar-refractivity contribution >= 4 is 17.9 Å². The number of allylic oxidation sites excluding steroid dienone is 6. The molecular weight excluding hydrogens is 805 g/mol. The Kier molecular flexibility index (Phi) is 52.3. The Hall–Kier alpha value is -2.37. The van der Waals surface area contributed by atoms with Crippen LogP contribution in [0.1, 0.15) is 303 Å². The monoisotopic (exact) mass is 913 g/mol. The molecule has 0 aliphatic rings. The van der Waals surface area contributed by atoms with Crippen LogP contribution in [-0.2, 0) is 28.6 Å². The minimum Gasteiger partial charge on any atom is -0.462 e. The first kappa shape index (κ1) is 62.6. The Balaban J connectivity index is 4.35. The molecule has 0 unspecified atom stereocenters. The summed E-state index contributed by atoms with van der Waals surface area (Å²) in [5, 5.41) is 0. The van der Waals surface area contributed by atoms with Gasteiger partial charge in [-0.15, -0.1) is 0 Å². The first-order valence-corrected chi connectivity index (χ1v) is 28.5. The second-order valence-corrected chi connectivity index (χ2v) is 19.2. The molecule has 1 atom stereocenters. The average molecular weight is 914 g/mol. The van der Waals surface area contributed by atoms with Gasteiger partial charge in [-0.25, -0.2) is 0 Å². The lowest BCUT2D eigenvalue weighted by molar-refractivity contribution is -0.167. The highest BCUT2D eigenvalue weighted by Gasteiger charge is 2.19. The van der Waals surface area contributed by atoms with Crippen LogP contribution < -0.4 is 0 Å². The molecule has 0 saturated heterocycles. The number of hydrogen-bond acceptors (Lipinski definition) is 6. The minimum absolute atomic E-state index is 0.0744. The third-order valence-electron chi connectivity index (χ3n) is 12.7. The lowest BCUT2D eigenvalue weighted by Gasteiger charge is -2.18. The summed E-state index contributed by atoms with van der Waals surface area (Å²) in [6.45, 7) is 6.56. The number of esters is 3. The van der Waals surface area contributed by atoms with E-state index in [-0.39, 0.29) is 31.1 Å². The number of ether oxygens (including phenoxy) is 3. The van der Waals surface area contributed by atoms with Crippen LogP contribution in [0.2, 0.25) is 0 Å². The molecule has 0 saturated carbocycles. The highest BCUT2D eigenvalue weighted by molar-refractivity contribution is 5.71. The maximum atomic E-state index is 12.8. The standard InChI is InChI=1S/C59H108O6/c1-4-7-10-13-16-19-22-25-28-29-32-34-37-40-43-46-49-52-58(61)64-55-56(65-59(62)53-50-47-44-41-38-35-31-27-24-21-18-15-12-9-6-3)54-63-57(60)51-48-45-42-39-36-33-30-26-23-20-17-14-11-8-5-2/h9,12,18,21,27,31,56H,4-8,10-11,13-17,19-20,22-26,28-30,32-55H2,1-3H3/b12-9+,21-18+,31-27+/t56-/m1/s1.